The number of piperidine rings is 1. The van der Waals surface area contributed by atoms with Gasteiger partial charge in [0.1, 0.15) is 0 Å². The van der Waals surface area contributed by atoms with Crippen LogP contribution in [0.1, 0.15) is 36.5 Å². The van der Waals surface area contributed by atoms with Crippen LogP contribution in [0.5, 0.6) is 0 Å². The minimum atomic E-state index is 0.222. The Morgan fingerprint density at radius 2 is 2.40 bits per heavy atom. The van der Waals surface area contributed by atoms with Gasteiger partial charge in [-0.1, -0.05) is 6.92 Å². The number of rotatable bonds is 4. The van der Waals surface area contributed by atoms with E-state index in [1.165, 1.54) is 12.8 Å². The standard InChI is InChI=1S/C16H21N3O/c1-12-3-2-7-19(10-12)8-6-16(20)13-4-5-14-15(9-13)18-11-17-14/h4-5,9,11-12H,2-3,6-8,10H2,1H3,(H,17,18). The van der Waals surface area contributed by atoms with Gasteiger partial charge in [0.15, 0.2) is 5.78 Å². The summed E-state index contributed by atoms with van der Waals surface area (Å²) in [6, 6.07) is 5.69. The number of nitrogens with one attached hydrogen (secondary N) is 1. The topological polar surface area (TPSA) is 49.0 Å². The molecule has 1 aliphatic rings. The number of carbonyl (C=O) groups is 1. The van der Waals surface area contributed by atoms with E-state index in [9.17, 15) is 4.79 Å². The van der Waals surface area contributed by atoms with Crippen molar-refractivity contribution in [2.75, 3.05) is 19.6 Å². The normalized spacial score (nSPS) is 20.4. The monoisotopic (exact) mass is 271 g/mol. The Bertz CT molecular complexity index is 605. The average molecular weight is 271 g/mol. The van der Waals surface area contributed by atoms with Gasteiger partial charge in [-0.3, -0.25) is 4.79 Å². The number of H-pyrrole nitrogens is 1. The number of carbonyl (C=O) groups excluding carboxylic acids is 1. The molecule has 0 aliphatic carbocycles. The van der Waals surface area contributed by atoms with Crippen molar-refractivity contribution in [2.24, 2.45) is 5.92 Å². The number of imidazole rings is 1. The van der Waals surface area contributed by atoms with E-state index in [2.05, 4.69) is 21.8 Å². The lowest BCUT2D eigenvalue weighted by Gasteiger charge is -2.30. The number of fused-ring (bicyclic) bond motifs is 1. The number of nitrogens with zero attached hydrogens (tertiary/aromatic N) is 2. The maximum absolute atomic E-state index is 12.3. The van der Waals surface area contributed by atoms with E-state index in [1.807, 2.05) is 18.2 Å². The number of Topliss-reactive ketones (excluding diaryl/α,β-unsaturated/α-hetero) is 1. The zero-order valence-electron chi connectivity index (χ0n) is 11.9. The number of likely N-dealkylation sites (tertiary alicyclic amines) is 1. The summed E-state index contributed by atoms with van der Waals surface area (Å²) < 4.78 is 0. The summed E-state index contributed by atoms with van der Waals surface area (Å²) in [6.07, 6.45) is 4.84. The first kappa shape index (κ1) is 13.3. The van der Waals surface area contributed by atoms with Crippen molar-refractivity contribution in [3.8, 4) is 0 Å². The lowest BCUT2D eigenvalue weighted by Crippen LogP contribution is -2.35. The average Bonchev–Trinajstić information content (AvgIpc) is 2.92. The summed E-state index contributed by atoms with van der Waals surface area (Å²) in [5.74, 6) is 0.986. The molecular weight excluding hydrogens is 250 g/mol. The third-order valence-corrected chi connectivity index (χ3v) is 4.14. The van der Waals surface area contributed by atoms with E-state index >= 15 is 0 Å². The van der Waals surface area contributed by atoms with Crippen LogP contribution in [0.4, 0.5) is 0 Å². The largest absolute Gasteiger partial charge is 0.345 e. The highest BCUT2D eigenvalue weighted by molar-refractivity contribution is 5.98. The van der Waals surface area contributed by atoms with E-state index in [-0.39, 0.29) is 5.78 Å². The number of aromatic amines is 1. The van der Waals surface area contributed by atoms with E-state index in [4.69, 9.17) is 0 Å². The Labute approximate surface area is 119 Å². The van der Waals surface area contributed by atoms with Gasteiger partial charge in [0.25, 0.3) is 0 Å². The van der Waals surface area contributed by atoms with Crippen molar-refractivity contribution >= 4 is 16.8 Å². The number of hydrogen-bond acceptors (Lipinski definition) is 3. The minimum Gasteiger partial charge on any atom is -0.345 e. The molecule has 3 rings (SSSR count). The molecule has 1 fully saturated rings. The fourth-order valence-corrected chi connectivity index (χ4v) is 3.00. The van der Waals surface area contributed by atoms with Crippen LogP contribution in [-0.2, 0) is 0 Å². The van der Waals surface area contributed by atoms with Crippen molar-refractivity contribution in [1.82, 2.24) is 14.9 Å². The molecule has 0 saturated carbocycles. The summed E-state index contributed by atoms with van der Waals surface area (Å²) in [7, 11) is 0. The van der Waals surface area contributed by atoms with Gasteiger partial charge in [-0.2, -0.15) is 0 Å². The molecule has 2 aromatic rings. The Balaban J connectivity index is 1.60. The molecular formula is C16H21N3O. The van der Waals surface area contributed by atoms with Gasteiger partial charge in [0.2, 0.25) is 0 Å². The number of ketones is 1. The van der Waals surface area contributed by atoms with Crippen LogP contribution in [0.2, 0.25) is 0 Å². The molecule has 1 saturated heterocycles. The molecule has 106 valence electrons. The van der Waals surface area contributed by atoms with Crippen molar-refractivity contribution in [1.29, 1.82) is 0 Å². The molecule has 4 nitrogen and oxygen atoms in total. The molecule has 20 heavy (non-hydrogen) atoms. The van der Waals surface area contributed by atoms with Crippen molar-refractivity contribution in [2.45, 2.75) is 26.2 Å². The Morgan fingerprint density at radius 1 is 1.50 bits per heavy atom. The van der Waals surface area contributed by atoms with Gasteiger partial charge >= 0.3 is 0 Å². The summed E-state index contributed by atoms with van der Waals surface area (Å²) in [5.41, 5.74) is 2.63. The molecule has 1 aliphatic heterocycles. The molecule has 0 amide bonds. The Kier molecular flexibility index (Phi) is 3.83. The van der Waals surface area contributed by atoms with Gasteiger partial charge in [0.05, 0.1) is 17.4 Å². The van der Waals surface area contributed by atoms with Crippen LogP contribution in [0, 0.1) is 5.92 Å². The predicted octanol–water partition coefficient (Wildman–Crippen LogP) is 2.87. The van der Waals surface area contributed by atoms with Gasteiger partial charge in [-0.15, -0.1) is 0 Å². The smallest absolute Gasteiger partial charge is 0.164 e. The van der Waals surface area contributed by atoms with Crippen LogP contribution >= 0.6 is 0 Å². The van der Waals surface area contributed by atoms with Crippen LogP contribution in [0.3, 0.4) is 0 Å². The molecule has 0 spiro atoms. The van der Waals surface area contributed by atoms with E-state index in [1.54, 1.807) is 6.33 Å². The Hall–Kier alpha value is -1.68. The molecule has 4 heteroatoms. The first-order valence-corrected chi connectivity index (χ1v) is 7.41. The van der Waals surface area contributed by atoms with Crippen LogP contribution in [0.15, 0.2) is 24.5 Å². The highest BCUT2D eigenvalue weighted by Gasteiger charge is 2.17. The molecule has 1 aromatic heterocycles. The van der Waals surface area contributed by atoms with Gasteiger partial charge in [-0.25, -0.2) is 4.98 Å². The molecule has 1 N–H and O–H groups in total. The zero-order valence-corrected chi connectivity index (χ0v) is 11.9. The Morgan fingerprint density at radius 3 is 3.25 bits per heavy atom. The zero-order chi connectivity index (χ0) is 13.9. The summed E-state index contributed by atoms with van der Waals surface area (Å²) in [4.78, 5) is 21.9. The van der Waals surface area contributed by atoms with Gasteiger partial charge in [-0.05, 0) is 43.5 Å². The minimum absolute atomic E-state index is 0.222. The fraction of sp³-hybridized carbons (Fsp3) is 0.500. The highest BCUT2D eigenvalue weighted by atomic mass is 16.1. The third kappa shape index (κ3) is 2.90. The summed E-state index contributed by atoms with van der Waals surface area (Å²) >= 11 is 0. The highest BCUT2D eigenvalue weighted by Crippen LogP contribution is 2.17. The van der Waals surface area contributed by atoms with Gasteiger partial charge in [0, 0.05) is 25.1 Å². The van der Waals surface area contributed by atoms with E-state index in [0.29, 0.717) is 6.42 Å². The second kappa shape index (κ2) is 5.75. The van der Waals surface area contributed by atoms with E-state index in [0.717, 1.165) is 42.1 Å². The lowest BCUT2D eigenvalue weighted by molar-refractivity contribution is 0.0949. The first-order chi connectivity index (χ1) is 9.72. The van der Waals surface area contributed by atoms with E-state index < -0.39 is 0 Å². The number of aromatic nitrogens is 2. The fourth-order valence-electron chi connectivity index (χ4n) is 3.00. The van der Waals surface area contributed by atoms with Crippen molar-refractivity contribution < 1.29 is 4.79 Å². The van der Waals surface area contributed by atoms with Crippen LogP contribution < -0.4 is 0 Å². The molecule has 2 heterocycles. The third-order valence-electron chi connectivity index (χ3n) is 4.14. The quantitative estimate of drug-likeness (QED) is 0.870. The molecule has 0 bridgehead atoms. The van der Waals surface area contributed by atoms with Crippen LogP contribution in [-0.4, -0.2) is 40.3 Å². The van der Waals surface area contributed by atoms with Gasteiger partial charge < -0.3 is 9.88 Å². The maximum Gasteiger partial charge on any atom is 0.164 e. The molecule has 1 aromatic carbocycles. The first-order valence-electron chi connectivity index (χ1n) is 7.41. The molecule has 1 atom stereocenters. The predicted molar refractivity (Wildman–Crippen MR) is 79.9 cm³/mol. The molecule has 0 radical (unpaired) electrons. The number of hydrogen-bond donors (Lipinski definition) is 1. The van der Waals surface area contributed by atoms with Crippen molar-refractivity contribution in [3.63, 3.8) is 0 Å². The van der Waals surface area contributed by atoms with Crippen LogP contribution in [0.25, 0.3) is 11.0 Å². The second-order valence-corrected chi connectivity index (χ2v) is 5.86. The maximum atomic E-state index is 12.3. The second-order valence-electron chi connectivity index (χ2n) is 5.86. The SMILES string of the molecule is CC1CCCN(CCC(=O)c2ccc3nc[nH]c3c2)C1. The summed E-state index contributed by atoms with van der Waals surface area (Å²) in [6.45, 7) is 5.44. The number of benzene rings is 1. The van der Waals surface area contributed by atoms with Crippen molar-refractivity contribution in [3.05, 3.63) is 30.1 Å². The summed E-state index contributed by atoms with van der Waals surface area (Å²) in [5, 5.41) is 0. The lowest BCUT2D eigenvalue weighted by atomic mass is 9.99. The molecule has 1 unspecified atom stereocenters.